The van der Waals surface area contributed by atoms with Crippen LogP contribution in [0.4, 0.5) is 0 Å². The fourth-order valence-corrected chi connectivity index (χ4v) is 2.54. The SMILES string of the molecule is Cc1cccc(-n2nnc(CO)c2-c2ccc(C)c(C)c2)c1. The molecule has 1 N–H and O–H groups in total. The van der Waals surface area contributed by atoms with Crippen LogP contribution in [0.1, 0.15) is 22.4 Å². The Hall–Kier alpha value is -2.46. The van der Waals surface area contributed by atoms with Gasteiger partial charge in [0.15, 0.2) is 0 Å². The topological polar surface area (TPSA) is 50.9 Å². The van der Waals surface area contributed by atoms with Crippen LogP contribution in [0.3, 0.4) is 0 Å². The van der Waals surface area contributed by atoms with Crippen molar-refractivity contribution in [2.24, 2.45) is 0 Å². The van der Waals surface area contributed by atoms with Crippen molar-refractivity contribution < 1.29 is 5.11 Å². The molecule has 0 amide bonds. The highest BCUT2D eigenvalue weighted by Crippen LogP contribution is 2.27. The van der Waals surface area contributed by atoms with Gasteiger partial charge >= 0.3 is 0 Å². The first-order valence-electron chi connectivity index (χ1n) is 7.30. The number of aromatic nitrogens is 3. The van der Waals surface area contributed by atoms with E-state index in [0.717, 1.165) is 22.5 Å². The minimum atomic E-state index is -0.131. The van der Waals surface area contributed by atoms with Crippen molar-refractivity contribution in [3.63, 3.8) is 0 Å². The van der Waals surface area contributed by atoms with E-state index in [2.05, 4.69) is 42.4 Å². The lowest BCUT2D eigenvalue weighted by Crippen LogP contribution is -2.01. The molecule has 112 valence electrons. The van der Waals surface area contributed by atoms with Gasteiger partial charge in [-0.3, -0.25) is 0 Å². The van der Waals surface area contributed by atoms with Crippen LogP contribution >= 0.6 is 0 Å². The summed E-state index contributed by atoms with van der Waals surface area (Å²) in [5.74, 6) is 0. The molecule has 0 radical (unpaired) electrons. The van der Waals surface area contributed by atoms with E-state index in [1.165, 1.54) is 11.1 Å². The van der Waals surface area contributed by atoms with Gasteiger partial charge in [-0.25, -0.2) is 4.68 Å². The molecular weight excluding hydrogens is 274 g/mol. The number of aryl methyl sites for hydroxylation is 3. The van der Waals surface area contributed by atoms with Crippen LogP contribution in [0.15, 0.2) is 42.5 Å². The number of aliphatic hydroxyl groups excluding tert-OH is 1. The van der Waals surface area contributed by atoms with Crippen LogP contribution in [-0.4, -0.2) is 20.1 Å². The van der Waals surface area contributed by atoms with Crippen molar-refractivity contribution in [2.75, 3.05) is 0 Å². The van der Waals surface area contributed by atoms with Gasteiger partial charge in [-0.1, -0.05) is 29.5 Å². The molecule has 3 aromatic rings. The van der Waals surface area contributed by atoms with Crippen LogP contribution in [0.2, 0.25) is 0 Å². The zero-order valence-corrected chi connectivity index (χ0v) is 13.0. The van der Waals surface area contributed by atoms with E-state index < -0.39 is 0 Å². The van der Waals surface area contributed by atoms with Crippen molar-refractivity contribution >= 4 is 0 Å². The van der Waals surface area contributed by atoms with Crippen LogP contribution in [0.5, 0.6) is 0 Å². The molecular formula is C18H19N3O. The number of hydrogen-bond acceptors (Lipinski definition) is 3. The summed E-state index contributed by atoms with van der Waals surface area (Å²) in [5.41, 5.74) is 6.99. The fourth-order valence-electron chi connectivity index (χ4n) is 2.54. The predicted octanol–water partition coefficient (Wildman–Crippen LogP) is 3.35. The second-order valence-corrected chi connectivity index (χ2v) is 5.59. The summed E-state index contributed by atoms with van der Waals surface area (Å²) in [4.78, 5) is 0. The highest BCUT2D eigenvalue weighted by Gasteiger charge is 2.16. The van der Waals surface area contributed by atoms with Gasteiger partial charge in [-0.05, 0) is 55.7 Å². The Morgan fingerprint density at radius 1 is 1.00 bits per heavy atom. The molecule has 0 aliphatic rings. The Balaban J connectivity index is 2.21. The molecule has 4 heteroatoms. The molecule has 2 aromatic carbocycles. The predicted molar refractivity (Wildman–Crippen MR) is 86.9 cm³/mol. The summed E-state index contributed by atoms with van der Waals surface area (Å²) in [6, 6.07) is 14.3. The molecule has 0 fully saturated rings. The van der Waals surface area contributed by atoms with Gasteiger partial charge in [0.05, 0.1) is 12.3 Å². The third-order valence-electron chi connectivity index (χ3n) is 3.92. The highest BCUT2D eigenvalue weighted by molar-refractivity contribution is 5.65. The zero-order chi connectivity index (χ0) is 15.7. The smallest absolute Gasteiger partial charge is 0.117 e. The van der Waals surface area contributed by atoms with E-state index >= 15 is 0 Å². The summed E-state index contributed by atoms with van der Waals surface area (Å²) in [7, 11) is 0. The normalized spacial score (nSPS) is 10.9. The second-order valence-electron chi connectivity index (χ2n) is 5.59. The number of rotatable bonds is 3. The molecule has 0 aliphatic carbocycles. The molecule has 1 aromatic heterocycles. The van der Waals surface area contributed by atoms with Crippen LogP contribution in [0, 0.1) is 20.8 Å². The lowest BCUT2D eigenvalue weighted by Gasteiger charge is -2.10. The minimum Gasteiger partial charge on any atom is -0.390 e. The van der Waals surface area contributed by atoms with Crippen molar-refractivity contribution in [1.82, 2.24) is 15.0 Å². The average molecular weight is 293 g/mol. The van der Waals surface area contributed by atoms with Crippen molar-refractivity contribution in [3.05, 3.63) is 64.8 Å². The maximum Gasteiger partial charge on any atom is 0.117 e. The van der Waals surface area contributed by atoms with Gasteiger partial charge in [0.1, 0.15) is 11.4 Å². The molecule has 0 aliphatic heterocycles. The highest BCUT2D eigenvalue weighted by atomic mass is 16.3. The summed E-state index contributed by atoms with van der Waals surface area (Å²) >= 11 is 0. The first-order chi connectivity index (χ1) is 10.6. The molecule has 0 saturated heterocycles. The standard InChI is InChI=1S/C18H19N3O/c1-12-5-4-6-16(9-12)21-18(17(11-22)19-20-21)15-8-7-13(2)14(3)10-15/h4-10,22H,11H2,1-3H3. The van der Waals surface area contributed by atoms with E-state index in [4.69, 9.17) is 0 Å². The zero-order valence-electron chi connectivity index (χ0n) is 13.0. The van der Waals surface area contributed by atoms with E-state index in [1.807, 2.05) is 31.2 Å². The van der Waals surface area contributed by atoms with Crippen molar-refractivity contribution in [1.29, 1.82) is 0 Å². The molecule has 22 heavy (non-hydrogen) atoms. The third-order valence-corrected chi connectivity index (χ3v) is 3.92. The number of aliphatic hydroxyl groups is 1. The second kappa shape index (κ2) is 5.73. The van der Waals surface area contributed by atoms with E-state index in [1.54, 1.807) is 4.68 Å². The van der Waals surface area contributed by atoms with Gasteiger partial charge in [0.25, 0.3) is 0 Å². The monoisotopic (exact) mass is 293 g/mol. The Morgan fingerprint density at radius 3 is 2.50 bits per heavy atom. The van der Waals surface area contributed by atoms with Crippen molar-refractivity contribution in [2.45, 2.75) is 27.4 Å². The minimum absolute atomic E-state index is 0.131. The van der Waals surface area contributed by atoms with E-state index in [-0.39, 0.29) is 6.61 Å². The molecule has 0 spiro atoms. The largest absolute Gasteiger partial charge is 0.390 e. The van der Waals surface area contributed by atoms with E-state index in [0.29, 0.717) is 5.69 Å². The average Bonchev–Trinajstić information content (AvgIpc) is 2.94. The van der Waals surface area contributed by atoms with Gasteiger partial charge in [0, 0.05) is 5.56 Å². The van der Waals surface area contributed by atoms with Gasteiger partial charge in [-0.15, -0.1) is 5.10 Å². The maximum atomic E-state index is 9.60. The summed E-state index contributed by atoms with van der Waals surface area (Å²) in [6.45, 7) is 6.08. The van der Waals surface area contributed by atoms with E-state index in [9.17, 15) is 5.11 Å². The summed E-state index contributed by atoms with van der Waals surface area (Å²) in [5, 5.41) is 18.0. The van der Waals surface area contributed by atoms with Crippen LogP contribution in [-0.2, 0) is 6.61 Å². The Bertz CT molecular complexity index is 821. The third kappa shape index (κ3) is 2.53. The Morgan fingerprint density at radius 2 is 1.82 bits per heavy atom. The molecule has 0 atom stereocenters. The summed E-state index contributed by atoms with van der Waals surface area (Å²) in [6.07, 6.45) is 0. The lowest BCUT2D eigenvalue weighted by molar-refractivity contribution is 0.277. The molecule has 0 unspecified atom stereocenters. The Labute approximate surface area is 130 Å². The molecule has 4 nitrogen and oxygen atoms in total. The first kappa shape index (κ1) is 14.5. The van der Waals surface area contributed by atoms with Crippen LogP contribution in [0.25, 0.3) is 16.9 Å². The van der Waals surface area contributed by atoms with Gasteiger partial charge in [0.2, 0.25) is 0 Å². The number of nitrogens with zero attached hydrogens (tertiary/aromatic N) is 3. The first-order valence-corrected chi connectivity index (χ1v) is 7.30. The molecule has 0 saturated carbocycles. The number of benzene rings is 2. The van der Waals surface area contributed by atoms with Crippen molar-refractivity contribution in [3.8, 4) is 16.9 Å². The maximum absolute atomic E-state index is 9.60. The van der Waals surface area contributed by atoms with Gasteiger partial charge in [-0.2, -0.15) is 0 Å². The summed E-state index contributed by atoms with van der Waals surface area (Å²) < 4.78 is 1.79. The molecule has 1 heterocycles. The molecule has 0 bridgehead atoms. The quantitative estimate of drug-likeness (QED) is 0.805. The lowest BCUT2D eigenvalue weighted by atomic mass is 10.0. The Kier molecular flexibility index (Phi) is 3.77. The van der Waals surface area contributed by atoms with Crippen LogP contribution < -0.4 is 0 Å². The fraction of sp³-hybridized carbons (Fsp3) is 0.222. The number of hydrogen-bond donors (Lipinski definition) is 1. The molecule has 3 rings (SSSR count). The van der Waals surface area contributed by atoms with Gasteiger partial charge < -0.3 is 5.11 Å².